The molecule has 2 aliphatic rings. The number of carbonyl (C=O) groups excluding carboxylic acids is 1. The van der Waals surface area contributed by atoms with E-state index in [1.165, 1.54) is 4.68 Å². The Hall–Kier alpha value is -2.65. The smallest absolute Gasteiger partial charge is 0.339 e. The van der Waals surface area contributed by atoms with Gasteiger partial charge in [-0.15, -0.1) is 0 Å². The summed E-state index contributed by atoms with van der Waals surface area (Å²) in [6.45, 7) is 4.28. The van der Waals surface area contributed by atoms with E-state index in [0.717, 1.165) is 62.5 Å². The van der Waals surface area contributed by atoms with Gasteiger partial charge in [0.15, 0.2) is 0 Å². The predicted octanol–water partition coefficient (Wildman–Crippen LogP) is 1.42. The van der Waals surface area contributed by atoms with Crippen LogP contribution in [-0.2, 0) is 30.8 Å². The van der Waals surface area contributed by atoms with E-state index in [9.17, 15) is 9.59 Å². The van der Waals surface area contributed by atoms with Crippen molar-refractivity contribution < 1.29 is 4.79 Å². The molecule has 0 radical (unpaired) electrons. The highest BCUT2D eigenvalue weighted by atomic mass is 35.5. The Bertz CT molecular complexity index is 1160. The van der Waals surface area contributed by atoms with E-state index in [1.54, 1.807) is 4.57 Å². The van der Waals surface area contributed by atoms with Gasteiger partial charge >= 0.3 is 5.69 Å². The number of fused-ring (bicyclic) bond motifs is 2. The van der Waals surface area contributed by atoms with Crippen LogP contribution in [0.1, 0.15) is 30.8 Å². The summed E-state index contributed by atoms with van der Waals surface area (Å²) in [5.74, 6) is 0.770. The zero-order valence-electron chi connectivity index (χ0n) is 17.4. The number of pyridine rings is 1. The first-order chi connectivity index (χ1) is 15.1. The number of amides is 1. The van der Waals surface area contributed by atoms with E-state index in [4.69, 9.17) is 11.6 Å². The van der Waals surface area contributed by atoms with E-state index in [1.807, 2.05) is 33.8 Å². The summed E-state index contributed by atoms with van der Waals surface area (Å²) in [7, 11) is 0. The Morgan fingerprint density at radius 3 is 2.71 bits per heavy atom. The molecule has 0 N–H and O–H groups in total. The summed E-state index contributed by atoms with van der Waals surface area (Å²) in [5, 5.41) is 5.11. The lowest BCUT2D eigenvalue weighted by molar-refractivity contribution is -0.133. The summed E-state index contributed by atoms with van der Waals surface area (Å²) < 4.78 is 5.01. The van der Waals surface area contributed by atoms with Gasteiger partial charge in [0.05, 0.1) is 10.7 Å². The molecule has 0 bridgehead atoms. The van der Waals surface area contributed by atoms with Crippen molar-refractivity contribution in [1.82, 2.24) is 33.5 Å². The van der Waals surface area contributed by atoms with Gasteiger partial charge in [-0.05, 0) is 25.0 Å². The van der Waals surface area contributed by atoms with E-state index in [0.29, 0.717) is 24.7 Å². The third-order valence-corrected chi connectivity index (χ3v) is 6.37. The molecule has 3 aromatic heterocycles. The second kappa shape index (κ2) is 8.47. The molecule has 5 rings (SSSR count). The maximum Gasteiger partial charge on any atom is 0.346 e. The van der Waals surface area contributed by atoms with E-state index in [2.05, 4.69) is 15.0 Å². The molecule has 10 heteroatoms. The first kappa shape index (κ1) is 20.3. The quantitative estimate of drug-likeness (QED) is 0.609. The Kier molecular flexibility index (Phi) is 5.54. The van der Waals surface area contributed by atoms with Crippen molar-refractivity contribution in [2.45, 2.75) is 45.3 Å². The Morgan fingerprint density at radius 1 is 1.03 bits per heavy atom. The molecule has 1 fully saturated rings. The van der Waals surface area contributed by atoms with Gasteiger partial charge in [0, 0.05) is 58.1 Å². The molecule has 0 spiro atoms. The summed E-state index contributed by atoms with van der Waals surface area (Å²) >= 11 is 6.05. The molecule has 1 amide bonds. The Morgan fingerprint density at radius 2 is 1.87 bits per heavy atom. The molecule has 2 aliphatic heterocycles. The Labute approximate surface area is 184 Å². The van der Waals surface area contributed by atoms with Crippen LogP contribution in [0, 0.1) is 0 Å². The summed E-state index contributed by atoms with van der Waals surface area (Å²) in [5.41, 5.74) is 1.70. The minimum Gasteiger partial charge on any atom is -0.339 e. The lowest BCUT2D eigenvalue weighted by atomic mass is 10.2. The molecule has 31 heavy (non-hydrogen) atoms. The molecule has 0 saturated carbocycles. The van der Waals surface area contributed by atoms with Gasteiger partial charge in [-0.3, -0.25) is 14.3 Å². The number of imidazole rings is 1. The topological polar surface area (TPSA) is 80.7 Å². The van der Waals surface area contributed by atoms with Crippen molar-refractivity contribution in [2.24, 2.45) is 0 Å². The maximum absolute atomic E-state index is 12.8. The minimum atomic E-state index is -0.157. The molecule has 9 nitrogen and oxygen atoms in total. The number of aryl methyl sites for hydroxylation is 1. The van der Waals surface area contributed by atoms with Gasteiger partial charge in [-0.2, -0.15) is 5.10 Å². The normalized spacial score (nSPS) is 17.6. The molecule has 0 aliphatic carbocycles. The number of piperazine rings is 1. The second-order valence-corrected chi connectivity index (χ2v) is 8.76. The fourth-order valence-corrected chi connectivity index (χ4v) is 4.60. The number of carbonyl (C=O) groups is 1. The predicted molar refractivity (Wildman–Crippen MR) is 116 cm³/mol. The van der Waals surface area contributed by atoms with Crippen LogP contribution in [0.2, 0.25) is 5.02 Å². The molecule has 0 unspecified atom stereocenters. The molecule has 164 valence electrons. The average Bonchev–Trinajstić information content (AvgIpc) is 3.18. The van der Waals surface area contributed by atoms with Crippen LogP contribution in [0.4, 0.5) is 0 Å². The Balaban J connectivity index is 1.17. The molecule has 5 heterocycles. The standard InChI is InChI=1S/C21H26ClN7O2/c22-16-5-6-18-23-17(14-27(18)12-16)13-25-8-10-26(11-9-25)20(30)15-29-21(31)28-7-3-1-2-4-19(28)24-29/h5-6,12,14H,1-4,7-11,13,15H2. The first-order valence-electron chi connectivity index (χ1n) is 10.9. The van der Waals surface area contributed by atoms with Crippen molar-refractivity contribution in [1.29, 1.82) is 0 Å². The van der Waals surface area contributed by atoms with Crippen LogP contribution in [0.15, 0.2) is 29.3 Å². The number of aromatic nitrogens is 5. The molecule has 1 saturated heterocycles. The fourth-order valence-electron chi connectivity index (χ4n) is 4.43. The minimum absolute atomic E-state index is 0.0199. The first-order valence-corrected chi connectivity index (χ1v) is 11.2. The van der Waals surface area contributed by atoms with Crippen molar-refractivity contribution in [2.75, 3.05) is 26.2 Å². The van der Waals surface area contributed by atoms with Crippen LogP contribution < -0.4 is 5.69 Å². The number of hydrogen-bond acceptors (Lipinski definition) is 5. The third-order valence-electron chi connectivity index (χ3n) is 6.14. The molecular formula is C21H26ClN7O2. The van der Waals surface area contributed by atoms with Crippen molar-refractivity contribution >= 4 is 23.2 Å². The van der Waals surface area contributed by atoms with E-state index >= 15 is 0 Å². The fraction of sp³-hybridized carbons (Fsp3) is 0.524. The van der Waals surface area contributed by atoms with Crippen LogP contribution in [0.25, 0.3) is 5.65 Å². The molecule has 3 aromatic rings. The molecule has 0 atom stereocenters. The third kappa shape index (κ3) is 4.24. The van der Waals surface area contributed by atoms with Gasteiger partial charge in [0.2, 0.25) is 5.91 Å². The van der Waals surface area contributed by atoms with Crippen LogP contribution in [0.3, 0.4) is 0 Å². The average molecular weight is 444 g/mol. The highest BCUT2D eigenvalue weighted by Gasteiger charge is 2.24. The van der Waals surface area contributed by atoms with Crippen molar-refractivity contribution in [3.63, 3.8) is 0 Å². The number of nitrogens with zero attached hydrogens (tertiary/aromatic N) is 7. The highest BCUT2D eigenvalue weighted by Crippen LogP contribution is 2.14. The van der Waals surface area contributed by atoms with Gasteiger partial charge in [-0.25, -0.2) is 14.5 Å². The lowest BCUT2D eigenvalue weighted by Crippen LogP contribution is -2.49. The van der Waals surface area contributed by atoms with Crippen molar-refractivity contribution in [3.05, 3.63) is 51.6 Å². The number of hydrogen-bond donors (Lipinski definition) is 0. The second-order valence-electron chi connectivity index (χ2n) is 8.32. The zero-order valence-corrected chi connectivity index (χ0v) is 18.2. The number of halogens is 1. The summed E-state index contributed by atoms with van der Waals surface area (Å²) in [4.78, 5) is 34.1. The lowest BCUT2D eigenvalue weighted by Gasteiger charge is -2.34. The number of rotatable bonds is 4. The van der Waals surface area contributed by atoms with Gasteiger partial charge < -0.3 is 9.30 Å². The maximum atomic E-state index is 12.8. The zero-order chi connectivity index (χ0) is 21.4. The summed E-state index contributed by atoms with van der Waals surface area (Å²) in [6.07, 6.45) is 7.81. The van der Waals surface area contributed by atoms with E-state index < -0.39 is 0 Å². The SMILES string of the molecule is O=C(Cn1nc2n(c1=O)CCCCC2)N1CCN(Cc2cn3cc(Cl)ccc3n2)CC1. The molecule has 0 aromatic carbocycles. The summed E-state index contributed by atoms with van der Waals surface area (Å²) in [6, 6.07) is 3.74. The van der Waals surface area contributed by atoms with Crippen LogP contribution >= 0.6 is 11.6 Å². The van der Waals surface area contributed by atoms with Gasteiger partial charge in [0.25, 0.3) is 0 Å². The van der Waals surface area contributed by atoms with Crippen LogP contribution in [-0.4, -0.2) is 65.6 Å². The molecular weight excluding hydrogens is 418 g/mol. The highest BCUT2D eigenvalue weighted by molar-refractivity contribution is 6.30. The van der Waals surface area contributed by atoms with E-state index in [-0.39, 0.29) is 18.1 Å². The van der Waals surface area contributed by atoms with Gasteiger partial charge in [0.1, 0.15) is 18.0 Å². The largest absolute Gasteiger partial charge is 0.346 e. The van der Waals surface area contributed by atoms with Gasteiger partial charge in [-0.1, -0.05) is 18.0 Å². The van der Waals surface area contributed by atoms with Crippen LogP contribution in [0.5, 0.6) is 0 Å². The van der Waals surface area contributed by atoms with Crippen molar-refractivity contribution in [3.8, 4) is 0 Å². The monoisotopic (exact) mass is 443 g/mol.